The third-order valence-electron chi connectivity index (χ3n) is 5.38. The van der Waals surface area contributed by atoms with E-state index in [1.807, 2.05) is 49.3 Å². The van der Waals surface area contributed by atoms with Crippen LogP contribution in [-0.2, 0) is 10.0 Å². The van der Waals surface area contributed by atoms with Crippen molar-refractivity contribution in [3.63, 3.8) is 0 Å². The molecule has 1 N–H and O–H groups in total. The average Bonchev–Trinajstić information content (AvgIpc) is 3.47. The van der Waals surface area contributed by atoms with E-state index in [9.17, 15) is 8.42 Å². The van der Waals surface area contributed by atoms with Crippen molar-refractivity contribution in [2.75, 3.05) is 19.0 Å². The molecule has 3 heterocycles. The summed E-state index contributed by atoms with van der Waals surface area (Å²) in [4.78, 5) is 14.2. The summed E-state index contributed by atoms with van der Waals surface area (Å²) in [5.41, 5.74) is 4.01. The van der Waals surface area contributed by atoms with Crippen molar-refractivity contribution < 1.29 is 8.42 Å². The number of benzene rings is 2. The van der Waals surface area contributed by atoms with Gasteiger partial charge >= 0.3 is 0 Å². The Morgan fingerprint density at radius 1 is 0.938 bits per heavy atom. The van der Waals surface area contributed by atoms with E-state index in [2.05, 4.69) is 15.0 Å². The number of aromatic amines is 1. The molecule has 0 aliphatic carbocycles. The standard InChI is InChI=1S/C24H21N5O2S/c1-28(2)19-10-8-17(9-11-19)18-14-21-22(23-25-12-13-26-23)16-29(24(21)27-15-18)32(30,31)20-6-4-3-5-7-20/h3-16H,1-2H3,(H,25,26). The number of aromatic nitrogens is 4. The predicted molar refractivity (Wildman–Crippen MR) is 126 cm³/mol. The van der Waals surface area contributed by atoms with Crippen LogP contribution in [0.1, 0.15) is 0 Å². The maximum absolute atomic E-state index is 13.4. The van der Waals surface area contributed by atoms with Gasteiger partial charge in [-0.05, 0) is 35.9 Å². The van der Waals surface area contributed by atoms with Gasteiger partial charge in [-0.3, -0.25) is 0 Å². The zero-order valence-electron chi connectivity index (χ0n) is 17.6. The van der Waals surface area contributed by atoms with E-state index >= 15 is 0 Å². The molecule has 0 aliphatic rings. The van der Waals surface area contributed by atoms with Gasteiger partial charge < -0.3 is 9.88 Å². The van der Waals surface area contributed by atoms with Crippen LogP contribution < -0.4 is 4.90 Å². The molecule has 5 aromatic rings. The second-order valence-electron chi connectivity index (χ2n) is 7.63. The molecule has 0 atom stereocenters. The maximum Gasteiger partial charge on any atom is 0.269 e. The molecular weight excluding hydrogens is 422 g/mol. The second-order valence-corrected chi connectivity index (χ2v) is 9.45. The van der Waals surface area contributed by atoms with E-state index in [4.69, 9.17) is 0 Å². The van der Waals surface area contributed by atoms with Crippen LogP contribution in [0.15, 0.2) is 90.3 Å². The van der Waals surface area contributed by atoms with Crippen LogP contribution in [-0.4, -0.2) is 41.4 Å². The number of hydrogen-bond donors (Lipinski definition) is 1. The first kappa shape index (κ1) is 20.0. The molecule has 0 bridgehead atoms. The molecule has 0 saturated heterocycles. The molecular formula is C24H21N5O2S. The topological polar surface area (TPSA) is 83.9 Å². The summed E-state index contributed by atoms with van der Waals surface area (Å²) >= 11 is 0. The normalized spacial score (nSPS) is 11.7. The Bertz CT molecular complexity index is 1490. The third kappa shape index (κ3) is 3.34. The largest absolute Gasteiger partial charge is 0.378 e. The number of nitrogens with one attached hydrogen (secondary N) is 1. The highest BCUT2D eigenvalue weighted by molar-refractivity contribution is 7.90. The number of hydrogen-bond acceptors (Lipinski definition) is 5. The molecule has 0 saturated carbocycles. The van der Waals surface area contributed by atoms with Crippen molar-refractivity contribution in [2.45, 2.75) is 4.90 Å². The first-order valence-electron chi connectivity index (χ1n) is 10.0. The lowest BCUT2D eigenvalue weighted by atomic mass is 10.0. The summed E-state index contributed by atoms with van der Waals surface area (Å²) in [5.74, 6) is 0.582. The molecule has 5 rings (SSSR count). The SMILES string of the molecule is CN(C)c1ccc(-c2cnc3c(c2)c(-c2ncc[nH]2)cn3S(=O)(=O)c2ccccc2)cc1. The predicted octanol–water partition coefficient (Wildman–Crippen LogP) is 4.40. The molecule has 32 heavy (non-hydrogen) atoms. The fourth-order valence-corrected chi connectivity index (χ4v) is 5.03. The Kier molecular flexibility index (Phi) is 4.79. The molecule has 2 aromatic carbocycles. The fourth-order valence-electron chi connectivity index (χ4n) is 3.68. The molecule has 7 nitrogen and oxygen atoms in total. The zero-order chi connectivity index (χ0) is 22.3. The Labute approximate surface area is 186 Å². The van der Waals surface area contributed by atoms with Crippen LogP contribution in [0.4, 0.5) is 5.69 Å². The minimum absolute atomic E-state index is 0.202. The molecule has 160 valence electrons. The highest BCUT2D eigenvalue weighted by atomic mass is 32.2. The smallest absolute Gasteiger partial charge is 0.269 e. The monoisotopic (exact) mass is 443 g/mol. The Morgan fingerprint density at radius 2 is 1.69 bits per heavy atom. The molecule has 0 spiro atoms. The number of H-pyrrole nitrogens is 1. The Hall–Kier alpha value is -3.91. The summed E-state index contributed by atoms with van der Waals surface area (Å²) in [7, 11) is 0.167. The van der Waals surface area contributed by atoms with Crippen LogP contribution in [0.3, 0.4) is 0 Å². The van der Waals surface area contributed by atoms with Gasteiger partial charge in [-0.2, -0.15) is 0 Å². The number of rotatable bonds is 5. The van der Waals surface area contributed by atoms with Crippen LogP contribution in [0.5, 0.6) is 0 Å². The average molecular weight is 444 g/mol. The van der Waals surface area contributed by atoms with Crippen molar-refractivity contribution in [2.24, 2.45) is 0 Å². The Balaban J connectivity index is 1.71. The van der Waals surface area contributed by atoms with Crippen molar-refractivity contribution in [3.05, 3.63) is 85.5 Å². The highest BCUT2D eigenvalue weighted by Gasteiger charge is 2.23. The van der Waals surface area contributed by atoms with Gasteiger partial charge in [0.25, 0.3) is 10.0 Å². The summed E-state index contributed by atoms with van der Waals surface area (Å²) in [5, 5.41) is 0.702. The van der Waals surface area contributed by atoms with Crippen LogP contribution in [0.25, 0.3) is 33.5 Å². The van der Waals surface area contributed by atoms with Crippen molar-refractivity contribution in [1.82, 2.24) is 18.9 Å². The summed E-state index contributed by atoms with van der Waals surface area (Å²) in [6.07, 6.45) is 6.64. The van der Waals surface area contributed by atoms with E-state index in [1.165, 1.54) is 3.97 Å². The molecule has 3 aromatic heterocycles. The zero-order valence-corrected chi connectivity index (χ0v) is 18.4. The number of anilines is 1. The van der Waals surface area contributed by atoms with Gasteiger partial charge in [0.1, 0.15) is 5.82 Å². The molecule has 0 fully saturated rings. The van der Waals surface area contributed by atoms with Crippen molar-refractivity contribution >= 4 is 26.7 Å². The van der Waals surface area contributed by atoms with Crippen LogP contribution in [0.2, 0.25) is 0 Å². The minimum atomic E-state index is -3.82. The number of fused-ring (bicyclic) bond motifs is 1. The third-order valence-corrected chi connectivity index (χ3v) is 7.05. The lowest BCUT2D eigenvalue weighted by Gasteiger charge is -2.12. The second kappa shape index (κ2) is 7.65. The highest BCUT2D eigenvalue weighted by Crippen LogP contribution is 2.33. The molecule has 0 radical (unpaired) electrons. The fraction of sp³-hybridized carbons (Fsp3) is 0.0833. The van der Waals surface area contributed by atoms with E-state index in [0.29, 0.717) is 22.4 Å². The van der Waals surface area contributed by atoms with E-state index in [1.54, 1.807) is 55.1 Å². The summed E-state index contributed by atoms with van der Waals surface area (Å²) in [6.45, 7) is 0. The lowest BCUT2D eigenvalue weighted by Crippen LogP contribution is -2.12. The maximum atomic E-state index is 13.4. The first-order chi connectivity index (χ1) is 15.4. The number of pyridine rings is 1. The van der Waals surface area contributed by atoms with E-state index < -0.39 is 10.0 Å². The van der Waals surface area contributed by atoms with Gasteiger partial charge in [0, 0.05) is 61.1 Å². The summed E-state index contributed by atoms with van der Waals surface area (Å²) < 4.78 is 28.0. The molecule has 0 unspecified atom stereocenters. The minimum Gasteiger partial charge on any atom is -0.378 e. The van der Waals surface area contributed by atoms with Gasteiger partial charge in [0.15, 0.2) is 5.65 Å². The number of imidazole rings is 1. The van der Waals surface area contributed by atoms with Crippen LogP contribution >= 0.6 is 0 Å². The van der Waals surface area contributed by atoms with Crippen molar-refractivity contribution in [1.29, 1.82) is 0 Å². The van der Waals surface area contributed by atoms with Gasteiger partial charge in [0.05, 0.1) is 4.90 Å². The van der Waals surface area contributed by atoms with Gasteiger partial charge in [-0.1, -0.05) is 30.3 Å². The quantitative estimate of drug-likeness (QED) is 0.435. The van der Waals surface area contributed by atoms with Gasteiger partial charge in [-0.25, -0.2) is 22.4 Å². The Morgan fingerprint density at radius 3 is 2.34 bits per heavy atom. The first-order valence-corrected chi connectivity index (χ1v) is 11.5. The van der Waals surface area contributed by atoms with Gasteiger partial charge in [0.2, 0.25) is 0 Å². The molecule has 8 heteroatoms. The van der Waals surface area contributed by atoms with E-state index in [-0.39, 0.29) is 4.90 Å². The molecule has 0 amide bonds. The lowest BCUT2D eigenvalue weighted by molar-refractivity contribution is 0.589. The van der Waals surface area contributed by atoms with Gasteiger partial charge in [-0.15, -0.1) is 0 Å². The van der Waals surface area contributed by atoms with E-state index in [0.717, 1.165) is 16.8 Å². The number of nitrogens with zero attached hydrogens (tertiary/aromatic N) is 4. The summed E-state index contributed by atoms with van der Waals surface area (Å²) in [6, 6.07) is 18.4. The molecule has 0 aliphatic heterocycles. The van der Waals surface area contributed by atoms with Crippen LogP contribution in [0, 0.1) is 0 Å². The van der Waals surface area contributed by atoms with Crippen molar-refractivity contribution in [3.8, 4) is 22.5 Å².